The van der Waals surface area contributed by atoms with Crippen molar-refractivity contribution in [3.63, 3.8) is 0 Å². The molecule has 39 heavy (non-hydrogen) atoms. The molecular formula is C24H21F6N7O2. The summed E-state index contributed by atoms with van der Waals surface area (Å²) in [5.74, 6) is -0.724. The third-order valence-electron chi connectivity index (χ3n) is 6.23. The van der Waals surface area contributed by atoms with E-state index in [1.54, 1.807) is 0 Å². The first-order chi connectivity index (χ1) is 18.4. The molecule has 0 amide bonds. The average Bonchev–Trinajstić information content (AvgIpc) is 3.21. The van der Waals surface area contributed by atoms with Crippen LogP contribution in [-0.2, 0) is 6.54 Å². The summed E-state index contributed by atoms with van der Waals surface area (Å²) in [6, 6.07) is 7.11. The molecule has 2 aromatic heterocycles. The second-order valence-corrected chi connectivity index (χ2v) is 9.01. The Balaban J connectivity index is 1.58. The van der Waals surface area contributed by atoms with Gasteiger partial charge >= 0.3 is 12.5 Å². The molecule has 3 heterocycles. The van der Waals surface area contributed by atoms with Crippen molar-refractivity contribution in [2.45, 2.75) is 19.1 Å². The molecule has 1 aliphatic heterocycles. The predicted octanol–water partition coefficient (Wildman–Crippen LogP) is 4.75. The summed E-state index contributed by atoms with van der Waals surface area (Å²) in [6.07, 6.45) is -7.96. The number of ether oxygens (including phenoxy) is 1. The molecule has 1 N–H and O–H groups in total. The number of hydrogen-bond acceptors (Lipinski definition) is 8. The van der Waals surface area contributed by atoms with E-state index in [4.69, 9.17) is 0 Å². The van der Waals surface area contributed by atoms with Crippen LogP contribution in [0.2, 0.25) is 0 Å². The number of anilines is 3. The summed E-state index contributed by atoms with van der Waals surface area (Å²) in [5, 5.41) is 6.98. The first-order valence-corrected chi connectivity index (χ1v) is 11.7. The molecule has 4 aromatic rings. The van der Waals surface area contributed by atoms with Crippen LogP contribution in [0.25, 0.3) is 21.8 Å². The Bertz CT molecular complexity index is 1530. The average molecular weight is 553 g/mol. The number of carbonyl (C=O) groups excluding carboxylic acids is 1. The highest BCUT2D eigenvalue weighted by atomic mass is 19.4. The number of carbonyl (C=O) groups is 1. The fourth-order valence-corrected chi connectivity index (χ4v) is 4.43. The SMILES string of the molecule is CN1CCN(c2ccc(OC(F)(F)F)c(Nc3ncc4ccc5c(C=O)nn(CC(F)(F)F)c5c4n3)c2)CC1. The molecule has 5 rings (SSSR count). The standard InChI is InChI=1S/C24H21F6N7O2/c1-35-6-8-36(9-7-35)15-3-5-19(39-24(28,29)30)17(10-15)32-22-31-11-14-2-4-16-18(12-38)34-37(13-23(25,26)27)21(16)20(14)33-22/h2-5,10-12H,6-9,13H2,1H3,(H,31,32,33). The van der Waals surface area contributed by atoms with Gasteiger partial charge in [0.1, 0.15) is 17.8 Å². The van der Waals surface area contributed by atoms with Gasteiger partial charge in [0.2, 0.25) is 5.95 Å². The van der Waals surface area contributed by atoms with E-state index in [0.717, 1.165) is 13.1 Å². The van der Waals surface area contributed by atoms with Gasteiger partial charge in [0.25, 0.3) is 0 Å². The van der Waals surface area contributed by atoms with Crippen molar-refractivity contribution in [2.24, 2.45) is 0 Å². The van der Waals surface area contributed by atoms with Crippen molar-refractivity contribution in [1.29, 1.82) is 0 Å². The van der Waals surface area contributed by atoms with Gasteiger partial charge in [-0.15, -0.1) is 13.2 Å². The summed E-state index contributed by atoms with van der Waals surface area (Å²) in [6.45, 7) is 1.37. The quantitative estimate of drug-likeness (QED) is 0.271. The van der Waals surface area contributed by atoms with Crippen LogP contribution in [0.3, 0.4) is 0 Å². The number of benzene rings is 2. The zero-order chi connectivity index (χ0) is 27.9. The van der Waals surface area contributed by atoms with Gasteiger partial charge in [0, 0.05) is 48.8 Å². The highest BCUT2D eigenvalue weighted by molar-refractivity contribution is 6.08. The summed E-state index contributed by atoms with van der Waals surface area (Å²) >= 11 is 0. The van der Waals surface area contributed by atoms with Crippen LogP contribution in [-0.4, -0.2) is 76.7 Å². The Labute approximate surface area is 217 Å². The van der Waals surface area contributed by atoms with Gasteiger partial charge in [-0.05, 0) is 31.3 Å². The number of alkyl halides is 6. The zero-order valence-corrected chi connectivity index (χ0v) is 20.3. The summed E-state index contributed by atoms with van der Waals surface area (Å²) < 4.78 is 83.9. The molecule has 206 valence electrons. The maximum atomic E-state index is 13.2. The number of likely N-dealkylation sites (N-methyl/N-ethyl adjacent to an activating group) is 1. The van der Waals surface area contributed by atoms with E-state index in [1.165, 1.54) is 36.5 Å². The largest absolute Gasteiger partial charge is 0.573 e. The smallest absolute Gasteiger partial charge is 0.404 e. The summed E-state index contributed by atoms with van der Waals surface area (Å²) in [7, 11) is 1.97. The fraction of sp³-hybridized carbons (Fsp3) is 0.333. The number of aromatic nitrogens is 4. The third-order valence-corrected chi connectivity index (χ3v) is 6.23. The maximum Gasteiger partial charge on any atom is 0.573 e. The molecule has 1 aliphatic rings. The van der Waals surface area contributed by atoms with Crippen LogP contribution >= 0.6 is 0 Å². The molecule has 1 saturated heterocycles. The lowest BCUT2D eigenvalue weighted by Gasteiger charge is -2.34. The lowest BCUT2D eigenvalue weighted by atomic mass is 10.1. The van der Waals surface area contributed by atoms with Gasteiger partial charge in [-0.25, -0.2) is 9.97 Å². The molecule has 0 aliphatic carbocycles. The number of piperazine rings is 1. The number of rotatable bonds is 6. The summed E-state index contributed by atoms with van der Waals surface area (Å²) in [4.78, 5) is 24.0. The van der Waals surface area contributed by atoms with Crippen molar-refractivity contribution in [1.82, 2.24) is 24.6 Å². The normalized spacial score (nSPS) is 15.2. The van der Waals surface area contributed by atoms with E-state index < -0.39 is 24.8 Å². The minimum absolute atomic E-state index is 0.0309. The lowest BCUT2D eigenvalue weighted by molar-refractivity contribution is -0.274. The van der Waals surface area contributed by atoms with Crippen LogP contribution in [0, 0.1) is 0 Å². The van der Waals surface area contributed by atoms with Crippen LogP contribution < -0.4 is 15.0 Å². The Morgan fingerprint density at radius 3 is 2.46 bits per heavy atom. The third kappa shape index (κ3) is 5.82. The van der Waals surface area contributed by atoms with Crippen molar-refractivity contribution in [3.05, 3.63) is 42.2 Å². The van der Waals surface area contributed by atoms with E-state index in [-0.39, 0.29) is 33.7 Å². The molecule has 0 saturated carbocycles. The number of fused-ring (bicyclic) bond motifs is 3. The highest BCUT2D eigenvalue weighted by Crippen LogP contribution is 2.36. The minimum Gasteiger partial charge on any atom is -0.404 e. The molecule has 1 fully saturated rings. The lowest BCUT2D eigenvalue weighted by Crippen LogP contribution is -2.44. The Hall–Kier alpha value is -4.14. The molecule has 2 aromatic carbocycles. The van der Waals surface area contributed by atoms with Gasteiger partial charge in [-0.3, -0.25) is 9.48 Å². The second-order valence-electron chi connectivity index (χ2n) is 9.01. The molecular weight excluding hydrogens is 532 g/mol. The predicted molar refractivity (Wildman–Crippen MR) is 130 cm³/mol. The van der Waals surface area contributed by atoms with Gasteiger partial charge in [0.05, 0.1) is 11.2 Å². The molecule has 0 unspecified atom stereocenters. The number of nitrogens with zero attached hydrogens (tertiary/aromatic N) is 6. The molecule has 0 radical (unpaired) electrons. The topological polar surface area (TPSA) is 88.4 Å². The van der Waals surface area contributed by atoms with Crippen LogP contribution in [0.5, 0.6) is 5.75 Å². The summed E-state index contributed by atoms with van der Waals surface area (Å²) in [5.41, 5.74) is 0.318. The van der Waals surface area contributed by atoms with E-state index in [9.17, 15) is 31.1 Å². The number of aldehydes is 1. The number of nitrogens with one attached hydrogen (secondary N) is 1. The number of halogens is 6. The van der Waals surface area contributed by atoms with E-state index >= 15 is 0 Å². The van der Waals surface area contributed by atoms with Crippen molar-refractivity contribution < 1.29 is 35.9 Å². The molecule has 0 bridgehead atoms. The fourth-order valence-electron chi connectivity index (χ4n) is 4.43. The first kappa shape index (κ1) is 26.5. The Kier molecular flexibility index (Phi) is 6.70. The maximum absolute atomic E-state index is 13.2. The number of hydrogen-bond donors (Lipinski definition) is 1. The molecule has 9 nitrogen and oxygen atoms in total. The second kappa shape index (κ2) is 9.87. The van der Waals surface area contributed by atoms with Crippen molar-refractivity contribution >= 4 is 45.4 Å². The first-order valence-electron chi connectivity index (χ1n) is 11.7. The van der Waals surface area contributed by atoms with Crippen LogP contribution in [0.15, 0.2) is 36.5 Å². The van der Waals surface area contributed by atoms with E-state index in [2.05, 4.69) is 30.0 Å². The van der Waals surface area contributed by atoms with Gasteiger partial charge in [-0.2, -0.15) is 18.3 Å². The Morgan fingerprint density at radius 1 is 1.05 bits per heavy atom. The van der Waals surface area contributed by atoms with Gasteiger partial charge in [0.15, 0.2) is 12.0 Å². The minimum atomic E-state index is -4.97. The molecule has 15 heteroatoms. The highest BCUT2D eigenvalue weighted by Gasteiger charge is 2.33. The molecule has 0 atom stereocenters. The van der Waals surface area contributed by atoms with Gasteiger partial charge < -0.3 is 19.9 Å². The molecule has 0 spiro atoms. The van der Waals surface area contributed by atoms with E-state index in [1.807, 2.05) is 11.9 Å². The van der Waals surface area contributed by atoms with Crippen molar-refractivity contribution in [2.75, 3.05) is 43.4 Å². The monoisotopic (exact) mass is 553 g/mol. The van der Waals surface area contributed by atoms with Gasteiger partial charge in [-0.1, -0.05) is 6.07 Å². The van der Waals surface area contributed by atoms with E-state index in [0.29, 0.717) is 35.1 Å². The van der Waals surface area contributed by atoms with Crippen molar-refractivity contribution in [3.8, 4) is 5.75 Å². The van der Waals surface area contributed by atoms with Crippen LogP contribution in [0.4, 0.5) is 43.7 Å². The zero-order valence-electron chi connectivity index (χ0n) is 20.3. The Morgan fingerprint density at radius 2 is 1.79 bits per heavy atom. The van der Waals surface area contributed by atoms with Crippen LogP contribution in [0.1, 0.15) is 10.5 Å².